The lowest BCUT2D eigenvalue weighted by molar-refractivity contribution is 0.312. The van der Waals surface area contributed by atoms with E-state index in [4.69, 9.17) is 0 Å². The van der Waals surface area contributed by atoms with Crippen molar-refractivity contribution in [2.75, 3.05) is 4.90 Å². The van der Waals surface area contributed by atoms with Crippen molar-refractivity contribution in [1.82, 2.24) is 19.7 Å². The highest BCUT2D eigenvalue weighted by molar-refractivity contribution is 5.36. The van der Waals surface area contributed by atoms with Gasteiger partial charge < -0.3 is 4.90 Å². The summed E-state index contributed by atoms with van der Waals surface area (Å²) >= 11 is 0. The van der Waals surface area contributed by atoms with E-state index < -0.39 is 0 Å². The predicted octanol–water partition coefficient (Wildman–Crippen LogP) is 2.18. The first-order valence-corrected chi connectivity index (χ1v) is 7.06. The number of hydrogen-bond donors (Lipinski definition) is 0. The first-order chi connectivity index (χ1) is 9.81. The van der Waals surface area contributed by atoms with Gasteiger partial charge in [-0.05, 0) is 31.7 Å². The van der Waals surface area contributed by atoms with E-state index in [9.17, 15) is 4.39 Å². The molecular formula is C14H16FN5. The molecule has 5 nitrogen and oxygen atoms in total. The molecule has 2 atom stereocenters. The van der Waals surface area contributed by atoms with Crippen molar-refractivity contribution in [3.63, 3.8) is 0 Å². The minimum Gasteiger partial charge on any atom is -0.335 e. The summed E-state index contributed by atoms with van der Waals surface area (Å²) in [6.45, 7) is 0. The first kappa shape index (κ1) is 11.8. The van der Waals surface area contributed by atoms with Crippen molar-refractivity contribution in [2.45, 2.75) is 43.8 Å². The number of anilines is 1. The molecule has 2 bridgehead atoms. The van der Waals surface area contributed by atoms with Gasteiger partial charge in [0.1, 0.15) is 0 Å². The van der Waals surface area contributed by atoms with Crippen LogP contribution in [0.15, 0.2) is 30.9 Å². The summed E-state index contributed by atoms with van der Waals surface area (Å²) < 4.78 is 15.0. The summed E-state index contributed by atoms with van der Waals surface area (Å²) in [5.41, 5.74) is 0. The molecular weight excluding hydrogens is 257 g/mol. The van der Waals surface area contributed by atoms with E-state index in [2.05, 4.69) is 24.6 Å². The quantitative estimate of drug-likeness (QED) is 0.841. The van der Waals surface area contributed by atoms with Crippen molar-refractivity contribution >= 4 is 5.95 Å². The molecule has 2 fully saturated rings. The lowest BCUT2D eigenvalue weighted by Crippen LogP contribution is -2.44. The number of nitrogens with zero attached hydrogens (tertiary/aromatic N) is 5. The highest BCUT2D eigenvalue weighted by Gasteiger charge is 2.42. The van der Waals surface area contributed by atoms with Gasteiger partial charge in [-0.15, -0.1) is 0 Å². The van der Waals surface area contributed by atoms with Gasteiger partial charge in [0.2, 0.25) is 5.95 Å². The topological polar surface area (TPSA) is 46.8 Å². The summed E-state index contributed by atoms with van der Waals surface area (Å²) in [5, 5.41) is 4.36. The van der Waals surface area contributed by atoms with Crippen LogP contribution in [-0.4, -0.2) is 31.8 Å². The summed E-state index contributed by atoms with van der Waals surface area (Å²) in [4.78, 5) is 10.6. The summed E-state index contributed by atoms with van der Waals surface area (Å²) in [6, 6.07) is 3.30. The molecule has 0 radical (unpaired) electrons. The van der Waals surface area contributed by atoms with Crippen molar-refractivity contribution in [1.29, 1.82) is 0 Å². The Balaban J connectivity index is 1.58. The van der Waals surface area contributed by atoms with Crippen molar-refractivity contribution in [2.24, 2.45) is 0 Å². The SMILES string of the molecule is Fc1cnc(N2C3CCC2CC(n2cccn2)C3)nc1. The molecule has 0 spiro atoms. The standard InChI is InChI=1S/C14H16FN5/c15-10-8-16-14(17-9-10)20-11-2-3-12(20)7-13(6-11)19-5-1-4-18-19/h1,4-5,8-9,11-13H,2-3,6-7H2. The minimum atomic E-state index is -0.382. The lowest BCUT2D eigenvalue weighted by Gasteiger charge is -2.38. The van der Waals surface area contributed by atoms with Crippen LogP contribution >= 0.6 is 0 Å². The minimum absolute atomic E-state index is 0.382. The Kier molecular flexibility index (Phi) is 2.68. The van der Waals surface area contributed by atoms with E-state index in [-0.39, 0.29) is 5.82 Å². The molecule has 2 aliphatic heterocycles. The second-order valence-electron chi connectivity index (χ2n) is 5.60. The third-order valence-electron chi connectivity index (χ3n) is 4.44. The van der Waals surface area contributed by atoms with Gasteiger partial charge in [0, 0.05) is 24.5 Å². The van der Waals surface area contributed by atoms with Crippen molar-refractivity contribution in [3.8, 4) is 0 Å². The van der Waals surface area contributed by atoms with Gasteiger partial charge in [-0.2, -0.15) is 5.10 Å². The van der Waals surface area contributed by atoms with Gasteiger partial charge in [-0.3, -0.25) is 4.68 Å². The molecule has 4 rings (SSSR count). The summed E-state index contributed by atoms with van der Waals surface area (Å²) in [7, 11) is 0. The fourth-order valence-electron chi connectivity index (χ4n) is 3.63. The number of fused-ring (bicyclic) bond motifs is 2. The average Bonchev–Trinajstić information content (AvgIpc) is 3.07. The molecule has 0 aliphatic carbocycles. The fourth-order valence-corrected chi connectivity index (χ4v) is 3.63. The number of halogens is 1. The molecule has 2 unspecified atom stereocenters. The van der Waals surface area contributed by atoms with Crippen LogP contribution in [0, 0.1) is 5.82 Å². The van der Waals surface area contributed by atoms with Gasteiger partial charge in [0.15, 0.2) is 5.82 Å². The van der Waals surface area contributed by atoms with Gasteiger partial charge in [-0.25, -0.2) is 14.4 Å². The maximum Gasteiger partial charge on any atom is 0.225 e. The second-order valence-corrected chi connectivity index (χ2v) is 5.60. The molecule has 0 saturated carbocycles. The Bertz CT molecular complexity index is 568. The highest BCUT2D eigenvalue weighted by Crippen LogP contribution is 2.41. The number of aromatic nitrogens is 4. The highest BCUT2D eigenvalue weighted by atomic mass is 19.1. The second kappa shape index (κ2) is 4.54. The van der Waals surface area contributed by atoms with Gasteiger partial charge >= 0.3 is 0 Å². The Morgan fingerprint density at radius 2 is 1.75 bits per heavy atom. The molecule has 104 valence electrons. The van der Waals surface area contributed by atoms with E-state index >= 15 is 0 Å². The van der Waals surface area contributed by atoms with Crippen LogP contribution in [0.3, 0.4) is 0 Å². The number of piperidine rings is 1. The Morgan fingerprint density at radius 1 is 1.05 bits per heavy atom. The number of rotatable bonds is 2. The molecule has 2 aliphatic rings. The Hall–Kier alpha value is -1.98. The van der Waals surface area contributed by atoms with Crippen LogP contribution in [-0.2, 0) is 0 Å². The maximum atomic E-state index is 13.0. The first-order valence-electron chi connectivity index (χ1n) is 7.06. The zero-order chi connectivity index (χ0) is 13.5. The fraction of sp³-hybridized carbons (Fsp3) is 0.500. The smallest absolute Gasteiger partial charge is 0.225 e. The summed E-state index contributed by atoms with van der Waals surface area (Å²) in [5.74, 6) is 0.283. The van der Waals surface area contributed by atoms with E-state index in [0.29, 0.717) is 24.1 Å². The van der Waals surface area contributed by atoms with E-state index in [0.717, 1.165) is 25.7 Å². The molecule has 6 heteroatoms. The van der Waals surface area contributed by atoms with Crippen LogP contribution in [0.5, 0.6) is 0 Å². The third kappa shape index (κ3) is 1.87. The Labute approximate surface area is 116 Å². The van der Waals surface area contributed by atoms with E-state index in [1.165, 1.54) is 12.4 Å². The summed E-state index contributed by atoms with van der Waals surface area (Å²) in [6.07, 6.45) is 10.8. The van der Waals surface area contributed by atoms with E-state index in [1.54, 1.807) is 0 Å². The third-order valence-corrected chi connectivity index (χ3v) is 4.44. The van der Waals surface area contributed by atoms with Gasteiger partial charge in [-0.1, -0.05) is 0 Å². The van der Waals surface area contributed by atoms with Crippen molar-refractivity contribution in [3.05, 3.63) is 36.7 Å². The zero-order valence-corrected chi connectivity index (χ0v) is 11.1. The molecule has 0 N–H and O–H groups in total. The van der Waals surface area contributed by atoms with Crippen molar-refractivity contribution < 1.29 is 4.39 Å². The predicted molar refractivity (Wildman–Crippen MR) is 71.8 cm³/mol. The Morgan fingerprint density at radius 3 is 2.35 bits per heavy atom. The van der Waals surface area contributed by atoms with Crippen LogP contribution in [0.1, 0.15) is 31.7 Å². The monoisotopic (exact) mass is 273 g/mol. The molecule has 20 heavy (non-hydrogen) atoms. The molecule has 0 aromatic carbocycles. The van der Waals surface area contributed by atoms with Gasteiger partial charge in [0.05, 0.1) is 18.4 Å². The normalized spacial score (nSPS) is 28.9. The van der Waals surface area contributed by atoms with Crippen LogP contribution in [0.2, 0.25) is 0 Å². The van der Waals surface area contributed by atoms with Gasteiger partial charge in [0.25, 0.3) is 0 Å². The molecule has 2 saturated heterocycles. The van der Waals surface area contributed by atoms with Crippen LogP contribution < -0.4 is 4.90 Å². The number of hydrogen-bond acceptors (Lipinski definition) is 4. The molecule has 0 amide bonds. The molecule has 2 aromatic heterocycles. The molecule has 4 heterocycles. The maximum absolute atomic E-state index is 13.0. The van der Waals surface area contributed by atoms with Crippen LogP contribution in [0.25, 0.3) is 0 Å². The van der Waals surface area contributed by atoms with Crippen LogP contribution in [0.4, 0.5) is 10.3 Å². The largest absolute Gasteiger partial charge is 0.335 e. The lowest BCUT2D eigenvalue weighted by atomic mass is 9.98. The van der Waals surface area contributed by atoms with E-state index in [1.807, 2.05) is 18.5 Å². The molecule has 2 aromatic rings. The zero-order valence-electron chi connectivity index (χ0n) is 11.1. The average molecular weight is 273 g/mol.